The minimum atomic E-state index is -0.271. The van der Waals surface area contributed by atoms with Gasteiger partial charge in [-0.25, -0.2) is 4.79 Å². The molecular weight excluding hydrogens is 416 g/mol. The zero-order valence-electron chi connectivity index (χ0n) is 17.4. The van der Waals surface area contributed by atoms with Crippen molar-refractivity contribution in [1.82, 2.24) is 4.90 Å². The molecule has 2 aromatic carbocycles. The number of urea groups is 1. The molecular formula is C23H27ClN4O3. The molecule has 0 aliphatic carbocycles. The number of para-hydroxylation sites is 2. The Morgan fingerprint density at radius 2 is 1.74 bits per heavy atom. The van der Waals surface area contributed by atoms with Crippen molar-refractivity contribution in [3.8, 4) is 0 Å². The second-order valence-electron chi connectivity index (χ2n) is 7.81. The van der Waals surface area contributed by atoms with Gasteiger partial charge >= 0.3 is 6.03 Å². The first-order chi connectivity index (χ1) is 15.1. The van der Waals surface area contributed by atoms with Crippen LogP contribution < -0.4 is 15.5 Å². The van der Waals surface area contributed by atoms with E-state index in [0.29, 0.717) is 37.0 Å². The highest BCUT2D eigenvalue weighted by Crippen LogP contribution is 2.35. The van der Waals surface area contributed by atoms with E-state index in [1.165, 1.54) is 0 Å². The molecule has 0 aromatic heterocycles. The molecule has 2 saturated heterocycles. The van der Waals surface area contributed by atoms with Crippen LogP contribution in [0.4, 0.5) is 21.9 Å². The minimum Gasteiger partial charge on any atom is -0.378 e. The highest BCUT2D eigenvalue weighted by molar-refractivity contribution is 6.34. The molecule has 31 heavy (non-hydrogen) atoms. The lowest BCUT2D eigenvalue weighted by Crippen LogP contribution is -2.45. The number of halogens is 1. The molecule has 0 saturated carbocycles. The third kappa shape index (κ3) is 5.29. The standard InChI is InChI=1S/C23H27ClN4O3/c24-19-9-4-10-20(21(19)27-12-14-31-15-13-27)26-22(29)17-6-5-11-28(16-17)23(30)25-18-7-2-1-3-8-18/h1-4,7-10,17H,5-6,11-16H2,(H,25,30)(H,26,29). The number of nitrogens with one attached hydrogen (secondary N) is 2. The van der Waals surface area contributed by atoms with E-state index >= 15 is 0 Å². The fraction of sp³-hybridized carbons (Fsp3) is 0.391. The van der Waals surface area contributed by atoms with Crippen molar-refractivity contribution in [2.45, 2.75) is 12.8 Å². The van der Waals surface area contributed by atoms with Gasteiger partial charge in [-0.1, -0.05) is 35.9 Å². The summed E-state index contributed by atoms with van der Waals surface area (Å²) in [5.74, 6) is -0.360. The van der Waals surface area contributed by atoms with E-state index in [4.69, 9.17) is 16.3 Å². The van der Waals surface area contributed by atoms with E-state index in [1.54, 1.807) is 4.90 Å². The zero-order chi connectivity index (χ0) is 21.6. The largest absolute Gasteiger partial charge is 0.378 e. The number of ether oxygens (including phenoxy) is 1. The summed E-state index contributed by atoms with van der Waals surface area (Å²) in [6, 6.07) is 14.7. The molecule has 3 amide bonds. The number of benzene rings is 2. The van der Waals surface area contributed by atoms with Crippen LogP contribution in [0.2, 0.25) is 5.02 Å². The highest BCUT2D eigenvalue weighted by atomic mass is 35.5. The van der Waals surface area contributed by atoms with Gasteiger partial charge in [0.15, 0.2) is 0 Å². The number of piperidine rings is 1. The molecule has 0 spiro atoms. The van der Waals surface area contributed by atoms with Crippen LogP contribution in [0.3, 0.4) is 0 Å². The van der Waals surface area contributed by atoms with Crippen molar-refractivity contribution in [3.63, 3.8) is 0 Å². The quantitative estimate of drug-likeness (QED) is 0.748. The van der Waals surface area contributed by atoms with Gasteiger partial charge in [0.2, 0.25) is 5.91 Å². The number of carbonyl (C=O) groups excluding carboxylic acids is 2. The maximum absolute atomic E-state index is 13.1. The van der Waals surface area contributed by atoms with Crippen LogP contribution in [0.25, 0.3) is 0 Å². The predicted molar refractivity (Wildman–Crippen MR) is 123 cm³/mol. The Hall–Kier alpha value is -2.77. The topological polar surface area (TPSA) is 73.9 Å². The Kier molecular flexibility index (Phi) is 6.94. The van der Waals surface area contributed by atoms with Gasteiger partial charge in [0, 0.05) is 31.9 Å². The molecule has 2 N–H and O–H groups in total. The lowest BCUT2D eigenvalue weighted by molar-refractivity contribution is -0.121. The van der Waals surface area contributed by atoms with Gasteiger partial charge in [-0.05, 0) is 37.1 Å². The average molecular weight is 443 g/mol. The number of carbonyl (C=O) groups is 2. The van der Waals surface area contributed by atoms with Crippen LogP contribution in [0, 0.1) is 5.92 Å². The molecule has 1 atom stereocenters. The normalized spacial score (nSPS) is 19.1. The van der Waals surface area contributed by atoms with Crippen LogP contribution in [0.15, 0.2) is 48.5 Å². The summed E-state index contributed by atoms with van der Waals surface area (Å²) in [6.45, 7) is 3.74. The first kappa shape index (κ1) is 21.5. The summed E-state index contributed by atoms with van der Waals surface area (Å²) in [5, 5.41) is 6.57. The van der Waals surface area contributed by atoms with E-state index < -0.39 is 0 Å². The Morgan fingerprint density at radius 1 is 0.968 bits per heavy atom. The maximum atomic E-state index is 13.1. The van der Waals surface area contributed by atoms with Crippen molar-refractivity contribution in [2.24, 2.45) is 5.92 Å². The predicted octanol–water partition coefficient (Wildman–Crippen LogP) is 4.06. The summed E-state index contributed by atoms with van der Waals surface area (Å²) < 4.78 is 5.44. The minimum absolute atomic E-state index is 0.0889. The van der Waals surface area contributed by atoms with Crippen molar-refractivity contribution in [3.05, 3.63) is 53.6 Å². The molecule has 2 fully saturated rings. The fourth-order valence-corrected chi connectivity index (χ4v) is 4.35. The number of hydrogen-bond acceptors (Lipinski definition) is 4. The Bertz CT molecular complexity index is 918. The number of amides is 3. The van der Waals surface area contributed by atoms with Crippen molar-refractivity contribution in [2.75, 3.05) is 54.9 Å². The van der Waals surface area contributed by atoms with Gasteiger partial charge in [0.25, 0.3) is 0 Å². The van der Waals surface area contributed by atoms with Gasteiger partial charge in [-0.2, -0.15) is 0 Å². The molecule has 2 aliphatic heterocycles. The maximum Gasteiger partial charge on any atom is 0.321 e. The first-order valence-corrected chi connectivity index (χ1v) is 11.0. The summed E-state index contributed by atoms with van der Waals surface area (Å²) in [6.07, 6.45) is 1.53. The first-order valence-electron chi connectivity index (χ1n) is 10.6. The van der Waals surface area contributed by atoms with Crippen LogP contribution in [0.5, 0.6) is 0 Å². The zero-order valence-corrected chi connectivity index (χ0v) is 18.1. The molecule has 0 bridgehead atoms. The Morgan fingerprint density at radius 3 is 2.52 bits per heavy atom. The Balaban J connectivity index is 1.42. The molecule has 8 heteroatoms. The van der Waals surface area contributed by atoms with E-state index in [2.05, 4.69) is 15.5 Å². The Labute approximate surface area is 187 Å². The summed E-state index contributed by atoms with van der Waals surface area (Å²) >= 11 is 6.48. The lowest BCUT2D eigenvalue weighted by atomic mass is 9.97. The van der Waals surface area contributed by atoms with Gasteiger partial charge in [-0.15, -0.1) is 0 Å². The van der Waals surface area contributed by atoms with Crippen LogP contribution in [0.1, 0.15) is 12.8 Å². The molecule has 2 aliphatic rings. The van der Waals surface area contributed by atoms with Crippen molar-refractivity contribution < 1.29 is 14.3 Å². The summed E-state index contributed by atoms with van der Waals surface area (Å²) in [4.78, 5) is 29.6. The smallest absolute Gasteiger partial charge is 0.321 e. The second-order valence-corrected chi connectivity index (χ2v) is 8.21. The van der Waals surface area contributed by atoms with E-state index in [0.717, 1.165) is 37.3 Å². The fourth-order valence-electron chi connectivity index (χ4n) is 4.06. The summed E-state index contributed by atoms with van der Waals surface area (Å²) in [7, 11) is 0. The highest BCUT2D eigenvalue weighted by Gasteiger charge is 2.29. The molecule has 2 aromatic rings. The van der Waals surface area contributed by atoms with Gasteiger partial charge in [-0.3, -0.25) is 4.79 Å². The van der Waals surface area contributed by atoms with Crippen LogP contribution in [-0.2, 0) is 9.53 Å². The number of hydrogen-bond donors (Lipinski definition) is 2. The van der Waals surface area contributed by atoms with Gasteiger partial charge in [0.1, 0.15) is 0 Å². The molecule has 2 heterocycles. The molecule has 164 valence electrons. The number of anilines is 3. The van der Waals surface area contributed by atoms with Gasteiger partial charge < -0.3 is 25.2 Å². The SMILES string of the molecule is O=C(Nc1cccc(Cl)c1N1CCOCC1)C1CCCN(C(=O)Nc2ccccc2)C1. The second kappa shape index (κ2) is 10.0. The average Bonchev–Trinajstić information content (AvgIpc) is 2.80. The molecule has 0 radical (unpaired) electrons. The van der Waals surface area contributed by atoms with Crippen LogP contribution in [-0.4, -0.2) is 56.2 Å². The monoisotopic (exact) mass is 442 g/mol. The van der Waals surface area contributed by atoms with E-state index in [-0.39, 0.29) is 17.9 Å². The van der Waals surface area contributed by atoms with E-state index in [1.807, 2.05) is 48.5 Å². The van der Waals surface area contributed by atoms with Crippen molar-refractivity contribution in [1.29, 1.82) is 0 Å². The van der Waals surface area contributed by atoms with Crippen molar-refractivity contribution >= 4 is 40.6 Å². The molecule has 4 rings (SSSR count). The molecule has 1 unspecified atom stereocenters. The van der Waals surface area contributed by atoms with Gasteiger partial charge in [0.05, 0.1) is 35.5 Å². The number of rotatable bonds is 4. The lowest BCUT2D eigenvalue weighted by Gasteiger charge is -2.33. The third-order valence-electron chi connectivity index (χ3n) is 5.68. The third-order valence-corrected chi connectivity index (χ3v) is 5.98. The molecule has 7 nitrogen and oxygen atoms in total. The number of likely N-dealkylation sites (tertiary alicyclic amines) is 1. The van der Waals surface area contributed by atoms with Crippen LogP contribution >= 0.6 is 11.6 Å². The van der Waals surface area contributed by atoms with E-state index in [9.17, 15) is 9.59 Å². The summed E-state index contributed by atoms with van der Waals surface area (Å²) in [5.41, 5.74) is 2.27. The number of morpholine rings is 1. The number of nitrogens with zero attached hydrogens (tertiary/aromatic N) is 2.